The van der Waals surface area contributed by atoms with Crippen LogP contribution in [-0.2, 0) is 4.43 Å². The Balaban J connectivity index is 3.05. The quantitative estimate of drug-likeness (QED) is 0.542. The van der Waals surface area contributed by atoms with Crippen LogP contribution in [0.25, 0.3) is 0 Å². The molecular formula is C15H25NOSi. The first-order valence-electron chi connectivity index (χ1n) is 6.67. The number of hydrogen-bond donors (Lipinski definition) is 0. The zero-order chi connectivity index (χ0) is 14.0. The number of rotatable bonds is 3. The smallest absolute Gasteiger partial charge is 0.250 e. The van der Waals surface area contributed by atoms with Crippen molar-refractivity contribution in [2.45, 2.75) is 58.2 Å². The first-order chi connectivity index (χ1) is 8.23. The topological polar surface area (TPSA) is 33.0 Å². The SMILES string of the molecule is C=CC1CCCC(O[Si](C)(C)C(C)(C)C)=C1C#N. The zero-order valence-corrected chi connectivity index (χ0v) is 13.3. The second kappa shape index (κ2) is 5.32. The van der Waals surface area contributed by atoms with Gasteiger partial charge in [0.1, 0.15) is 0 Å². The van der Waals surface area contributed by atoms with E-state index < -0.39 is 8.32 Å². The lowest BCUT2D eigenvalue weighted by Crippen LogP contribution is -2.41. The Bertz CT molecular complexity index is 396. The van der Waals surface area contributed by atoms with Crippen molar-refractivity contribution in [1.29, 1.82) is 5.26 Å². The molecule has 0 aliphatic heterocycles. The molecule has 0 saturated heterocycles. The van der Waals surface area contributed by atoms with Gasteiger partial charge in [0, 0.05) is 12.3 Å². The number of nitriles is 1. The fourth-order valence-electron chi connectivity index (χ4n) is 1.92. The highest BCUT2D eigenvalue weighted by atomic mass is 28.4. The average molecular weight is 263 g/mol. The van der Waals surface area contributed by atoms with E-state index >= 15 is 0 Å². The van der Waals surface area contributed by atoms with E-state index in [-0.39, 0.29) is 11.0 Å². The molecule has 100 valence electrons. The van der Waals surface area contributed by atoms with Crippen molar-refractivity contribution < 1.29 is 4.43 Å². The first kappa shape index (κ1) is 15.0. The summed E-state index contributed by atoms with van der Waals surface area (Å²) in [6.45, 7) is 15.0. The molecule has 1 aliphatic rings. The van der Waals surface area contributed by atoms with Crippen molar-refractivity contribution in [2.24, 2.45) is 5.92 Å². The molecule has 0 bridgehead atoms. The van der Waals surface area contributed by atoms with Crippen LogP contribution in [0.15, 0.2) is 24.0 Å². The van der Waals surface area contributed by atoms with Crippen LogP contribution in [0, 0.1) is 17.2 Å². The van der Waals surface area contributed by atoms with E-state index in [0.29, 0.717) is 0 Å². The normalized spacial score (nSPS) is 21.4. The molecule has 1 unspecified atom stereocenters. The first-order valence-corrected chi connectivity index (χ1v) is 9.58. The molecule has 1 aliphatic carbocycles. The van der Waals surface area contributed by atoms with Crippen LogP contribution in [0.3, 0.4) is 0 Å². The van der Waals surface area contributed by atoms with Gasteiger partial charge in [0.25, 0.3) is 0 Å². The molecule has 0 fully saturated rings. The molecule has 0 aromatic carbocycles. The van der Waals surface area contributed by atoms with E-state index in [1.165, 1.54) is 0 Å². The van der Waals surface area contributed by atoms with Crippen molar-refractivity contribution in [3.63, 3.8) is 0 Å². The lowest BCUT2D eigenvalue weighted by molar-refractivity contribution is 0.338. The highest BCUT2D eigenvalue weighted by Gasteiger charge is 2.40. The second-order valence-electron chi connectivity index (χ2n) is 6.55. The van der Waals surface area contributed by atoms with Crippen LogP contribution >= 0.6 is 0 Å². The van der Waals surface area contributed by atoms with E-state index in [9.17, 15) is 5.26 Å². The summed E-state index contributed by atoms with van der Waals surface area (Å²) >= 11 is 0. The number of nitrogens with zero attached hydrogens (tertiary/aromatic N) is 1. The van der Waals surface area contributed by atoms with Gasteiger partial charge in [-0.25, -0.2) is 0 Å². The summed E-state index contributed by atoms with van der Waals surface area (Å²) in [6, 6.07) is 2.33. The van der Waals surface area contributed by atoms with E-state index in [2.05, 4.69) is 46.5 Å². The minimum atomic E-state index is -1.84. The summed E-state index contributed by atoms with van der Waals surface area (Å²) in [7, 11) is -1.84. The molecule has 0 aromatic rings. The molecule has 18 heavy (non-hydrogen) atoms. The van der Waals surface area contributed by atoms with Crippen molar-refractivity contribution in [2.75, 3.05) is 0 Å². The molecule has 0 radical (unpaired) electrons. The van der Waals surface area contributed by atoms with Crippen LogP contribution in [0.4, 0.5) is 0 Å². The van der Waals surface area contributed by atoms with Crippen LogP contribution in [-0.4, -0.2) is 8.32 Å². The predicted molar refractivity (Wildman–Crippen MR) is 78.5 cm³/mol. The predicted octanol–water partition coefficient (Wildman–Crippen LogP) is 4.77. The summed E-state index contributed by atoms with van der Waals surface area (Å²) in [5.41, 5.74) is 0.807. The van der Waals surface area contributed by atoms with Gasteiger partial charge in [-0.2, -0.15) is 5.26 Å². The lowest BCUT2D eigenvalue weighted by atomic mass is 9.87. The highest BCUT2D eigenvalue weighted by molar-refractivity contribution is 6.74. The fourth-order valence-corrected chi connectivity index (χ4v) is 3.05. The van der Waals surface area contributed by atoms with Gasteiger partial charge in [0.05, 0.1) is 17.4 Å². The van der Waals surface area contributed by atoms with E-state index in [1.807, 2.05) is 6.08 Å². The van der Waals surface area contributed by atoms with Crippen molar-refractivity contribution in [3.05, 3.63) is 24.0 Å². The molecule has 3 heteroatoms. The fraction of sp³-hybridized carbons (Fsp3) is 0.667. The Morgan fingerprint density at radius 3 is 2.50 bits per heavy atom. The van der Waals surface area contributed by atoms with Gasteiger partial charge in [0.2, 0.25) is 8.32 Å². The Morgan fingerprint density at radius 2 is 2.06 bits per heavy atom. The summed E-state index contributed by atoms with van der Waals surface area (Å²) in [5.74, 6) is 1.11. The van der Waals surface area contributed by atoms with Gasteiger partial charge in [-0.15, -0.1) is 6.58 Å². The Morgan fingerprint density at radius 1 is 1.44 bits per heavy atom. The molecule has 1 atom stereocenters. The summed E-state index contributed by atoms with van der Waals surface area (Å²) in [6.07, 6.45) is 4.90. The van der Waals surface area contributed by atoms with Gasteiger partial charge in [0.15, 0.2) is 0 Å². The lowest BCUT2D eigenvalue weighted by Gasteiger charge is -2.39. The number of hydrogen-bond acceptors (Lipinski definition) is 2. The van der Waals surface area contributed by atoms with Crippen molar-refractivity contribution in [3.8, 4) is 6.07 Å². The third kappa shape index (κ3) is 3.05. The van der Waals surface area contributed by atoms with Gasteiger partial charge < -0.3 is 4.43 Å². The van der Waals surface area contributed by atoms with Gasteiger partial charge in [-0.05, 0) is 31.0 Å². The average Bonchev–Trinajstić information content (AvgIpc) is 2.26. The van der Waals surface area contributed by atoms with E-state index in [1.54, 1.807) is 0 Å². The Labute approximate surface area is 112 Å². The highest BCUT2D eigenvalue weighted by Crippen LogP contribution is 2.41. The van der Waals surface area contributed by atoms with E-state index in [4.69, 9.17) is 4.43 Å². The Kier molecular flexibility index (Phi) is 4.44. The van der Waals surface area contributed by atoms with Crippen molar-refractivity contribution in [1.82, 2.24) is 0 Å². The standard InChI is InChI=1S/C15H25NOSi/c1-7-12-9-8-10-14(13(12)11-16)17-18(5,6)15(2,3)4/h7,12H,1,8-10H2,2-6H3. The van der Waals surface area contributed by atoms with Gasteiger partial charge in [-0.1, -0.05) is 26.8 Å². The molecule has 1 rings (SSSR count). The maximum atomic E-state index is 9.34. The molecule has 0 saturated carbocycles. The Hall–Kier alpha value is -1.01. The third-order valence-corrected chi connectivity index (χ3v) is 8.55. The molecule has 0 amide bonds. The van der Waals surface area contributed by atoms with Gasteiger partial charge >= 0.3 is 0 Å². The molecule has 0 spiro atoms. The molecule has 0 N–H and O–H groups in total. The van der Waals surface area contributed by atoms with Crippen LogP contribution in [0.1, 0.15) is 40.0 Å². The van der Waals surface area contributed by atoms with Crippen LogP contribution in [0.5, 0.6) is 0 Å². The third-order valence-electron chi connectivity index (χ3n) is 4.18. The second-order valence-corrected chi connectivity index (χ2v) is 11.3. The van der Waals surface area contributed by atoms with Crippen molar-refractivity contribution >= 4 is 8.32 Å². The van der Waals surface area contributed by atoms with Crippen LogP contribution < -0.4 is 0 Å². The molecule has 0 aromatic heterocycles. The monoisotopic (exact) mass is 263 g/mol. The molecular weight excluding hydrogens is 238 g/mol. The summed E-state index contributed by atoms with van der Waals surface area (Å²) < 4.78 is 6.33. The largest absolute Gasteiger partial charge is 0.546 e. The minimum absolute atomic E-state index is 0.168. The van der Waals surface area contributed by atoms with E-state index in [0.717, 1.165) is 30.6 Å². The zero-order valence-electron chi connectivity index (χ0n) is 12.3. The minimum Gasteiger partial charge on any atom is -0.546 e. The van der Waals surface area contributed by atoms with Crippen LogP contribution in [0.2, 0.25) is 18.1 Å². The molecule has 0 heterocycles. The van der Waals surface area contributed by atoms with Gasteiger partial charge in [-0.3, -0.25) is 0 Å². The number of allylic oxidation sites excluding steroid dienone is 3. The maximum Gasteiger partial charge on any atom is 0.250 e. The summed E-state index contributed by atoms with van der Waals surface area (Å²) in [4.78, 5) is 0. The summed E-state index contributed by atoms with van der Waals surface area (Å²) in [5, 5.41) is 9.51. The maximum absolute atomic E-state index is 9.34. The molecule has 2 nitrogen and oxygen atoms in total.